The molecule has 2 saturated heterocycles. The normalized spacial score (nSPS) is 34.7. The molecule has 0 aromatic rings. The third-order valence-electron chi connectivity index (χ3n) is 3.30. The van der Waals surface area contributed by atoms with E-state index >= 15 is 0 Å². The zero-order valence-corrected chi connectivity index (χ0v) is 10.2. The van der Waals surface area contributed by atoms with Crippen molar-refractivity contribution in [3.05, 3.63) is 0 Å². The van der Waals surface area contributed by atoms with Gasteiger partial charge >= 0.3 is 0 Å². The van der Waals surface area contributed by atoms with E-state index in [0.717, 1.165) is 6.54 Å². The first kappa shape index (κ1) is 12.8. The minimum absolute atomic E-state index is 0.0347. The predicted molar refractivity (Wildman–Crippen MR) is 62.6 cm³/mol. The fraction of sp³-hybridized carbons (Fsp3) is 0.909. The van der Waals surface area contributed by atoms with Gasteiger partial charge in [-0.2, -0.15) is 0 Å². The van der Waals surface area contributed by atoms with Crippen LogP contribution in [0.15, 0.2) is 0 Å². The molecule has 1 amide bonds. The highest BCUT2D eigenvalue weighted by molar-refractivity contribution is 5.82. The van der Waals surface area contributed by atoms with Crippen LogP contribution in [-0.4, -0.2) is 68.4 Å². The van der Waals surface area contributed by atoms with Crippen molar-refractivity contribution < 1.29 is 14.3 Å². The molecule has 2 heterocycles. The number of morpholine rings is 2. The first-order valence-corrected chi connectivity index (χ1v) is 6.18. The summed E-state index contributed by atoms with van der Waals surface area (Å²) in [6.45, 7) is 5.56. The zero-order chi connectivity index (χ0) is 12.3. The molecule has 17 heavy (non-hydrogen) atoms. The van der Waals surface area contributed by atoms with E-state index in [-0.39, 0.29) is 24.2 Å². The second-order valence-corrected chi connectivity index (χ2v) is 4.52. The van der Waals surface area contributed by atoms with Gasteiger partial charge in [0.15, 0.2) is 0 Å². The molecule has 0 saturated carbocycles. The quantitative estimate of drug-likeness (QED) is 0.620. The molecule has 1 unspecified atom stereocenters. The summed E-state index contributed by atoms with van der Waals surface area (Å²) in [6.07, 6.45) is -0.108. The topological polar surface area (TPSA) is 76.8 Å². The fourth-order valence-corrected chi connectivity index (χ4v) is 2.27. The second-order valence-electron chi connectivity index (χ2n) is 4.52. The van der Waals surface area contributed by atoms with Crippen LogP contribution < -0.4 is 11.1 Å². The standard InChI is InChI=1S/C11H21N3O3/c1-8-10(13-2-4-16-8)11(15)14-3-5-17-9(6-12)7-14/h8-10,13H,2-7,12H2,1H3/t8-,9?,10+/m1/s1. The molecule has 98 valence electrons. The van der Waals surface area contributed by atoms with E-state index < -0.39 is 0 Å². The number of carbonyl (C=O) groups excluding carboxylic acids is 1. The van der Waals surface area contributed by atoms with E-state index in [1.54, 1.807) is 0 Å². The Bertz CT molecular complexity index is 275. The summed E-state index contributed by atoms with van der Waals surface area (Å²) >= 11 is 0. The van der Waals surface area contributed by atoms with Crippen LogP contribution in [0.3, 0.4) is 0 Å². The minimum atomic E-state index is -0.236. The monoisotopic (exact) mass is 243 g/mol. The summed E-state index contributed by atoms with van der Waals surface area (Å²) in [4.78, 5) is 14.1. The number of hydrogen-bond donors (Lipinski definition) is 2. The Balaban J connectivity index is 1.93. The Kier molecular flexibility index (Phi) is 4.33. The molecular weight excluding hydrogens is 222 g/mol. The van der Waals surface area contributed by atoms with E-state index in [1.807, 2.05) is 11.8 Å². The Morgan fingerprint density at radius 3 is 3.00 bits per heavy atom. The second kappa shape index (κ2) is 5.77. The van der Waals surface area contributed by atoms with Crippen molar-refractivity contribution in [2.24, 2.45) is 5.73 Å². The molecule has 2 fully saturated rings. The number of ether oxygens (including phenoxy) is 2. The number of hydrogen-bond acceptors (Lipinski definition) is 5. The first-order valence-electron chi connectivity index (χ1n) is 6.18. The van der Waals surface area contributed by atoms with Gasteiger partial charge < -0.3 is 25.4 Å². The molecule has 0 aromatic heterocycles. The van der Waals surface area contributed by atoms with Gasteiger partial charge in [0.25, 0.3) is 0 Å². The van der Waals surface area contributed by atoms with Crippen LogP contribution in [0.2, 0.25) is 0 Å². The maximum absolute atomic E-state index is 12.3. The van der Waals surface area contributed by atoms with E-state index in [2.05, 4.69) is 5.32 Å². The minimum Gasteiger partial charge on any atom is -0.375 e. The van der Waals surface area contributed by atoms with Crippen LogP contribution in [0, 0.1) is 0 Å². The van der Waals surface area contributed by atoms with Gasteiger partial charge in [-0.3, -0.25) is 4.79 Å². The van der Waals surface area contributed by atoms with Crippen molar-refractivity contribution in [1.29, 1.82) is 0 Å². The number of rotatable bonds is 2. The number of amides is 1. The molecule has 3 N–H and O–H groups in total. The lowest BCUT2D eigenvalue weighted by Crippen LogP contribution is -2.59. The van der Waals surface area contributed by atoms with Crippen molar-refractivity contribution >= 4 is 5.91 Å². The summed E-state index contributed by atoms with van der Waals surface area (Å²) in [7, 11) is 0. The van der Waals surface area contributed by atoms with Crippen LogP contribution >= 0.6 is 0 Å². The van der Waals surface area contributed by atoms with Crippen LogP contribution in [0.5, 0.6) is 0 Å². The fourth-order valence-electron chi connectivity index (χ4n) is 2.27. The van der Waals surface area contributed by atoms with Gasteiger partial charge in [-0.15, -0.1) is 0 Å². The van der Waals surface area contributed by atoms with Crippen LogP contribution in [-0.2, 0) is 14.3 Å². The van der Waals surface area contributed by atoms with Crippen molar-refractivity contribution in [1.82, 2.24) is 10.2 Å². The van der Waals surface area contributed by atoms with Gasteiger partial charge in [-0.25, -0.2) is 0 Å². The molecule has 0 spiro atoms. The average molecular weight is 243 g/mol. The number of nitrogens with two attached hydrogens (primary N) is 1. The van der Waals surface area contributed by atoms with Crippen molar-refractivity contribution in [2.45, 2.75) is 25.2 Å². The molecule has 2 rings (SSSR count). The highest BCUT2D eigenvalue weighted by Crippen LogP contribution is 2.11. The van der Waals surface area contributed by atoms with Crippen LogP contribution in [0.4, 0.5) is 0 Å². The molecule has 0 radical (unpaired) electrons. The number of carbonyl (C=O) groups is 1. The molecule has 3 atom stereocenters. The summed E-state index contributed by atoms with van der Waals surface area (Å²) in [5, 5.41) is 3.21. The molecule has 6 heteroatoms. The van der Waals surface area contributed by atoms with Gasteiger partial charge in [0.2, 0.25) is 5.91 Å². The van der Waals surface area contributed by atoms with Gasteiger partial charge in [-0.1, -0.05) is 0 Å². The summed E-state index contributed by atoms with van der Waals surface area (Å²) < 4.78 is 10.9. The third-order valence-corrected chi connectivity index (χ3v) is 3.30. The summed E-state index contributed by atoms with van der Waals surface area (Å²) in [5.41, 5.74) is 5.57. The maximum Gasteiger partial charge on any atom is 0.242 e. The molecule has 0 aliphatic carbocycles. The van der Waals surface area contributed by atoms with E-state index in [1.165, 1.54) is 0 Å². The highest BCUT2D eigenvalue weighted by Gasteiger charge is 2.33. The van der Waals surface area contributed by atoms with E-state index in [0.29, 0.717) is 32.8 Å². The lowest BCUT2D eigenvalue weighted by Gasteiger charge is -2.37. The lowest BCUT2D eigenvalue weighted by atomic mass is 10.1. The number of nitrogens with one attached hydrogen (secondary N) is 1. The zero-order valence-electron chi connectivity index (χ0n) is 10.2. The van der Waals surface area contributed by atoms with Gasteiger partial charge in [0, 0.05) is 26.2 Å². The van der Waals surface area contributed by atoms with Gasteiger partial charge in [0.05, 0.1) is 25.4 Å². The van der Waals surface area contributed by atoms with E-state index in [4.69, 9.17) is 15.2 Å². The summed E-state index contributed by atoms with van der Waals surface area (Å²) in [5.74, 6) is 0.0963. The predicted octanol–water partition coefficient (Wildman–Crippen LogP) is -1.45. The van der Waals surface area contributed by atoms with Gasteiger partial charge in [0.1, 0.15) is 6.04 Å². The van der Waals surface area contributed by atoms with Crippen molar-refractivity contribution in [3.63, 3.8) is 0 Å². The Hall–Kier alpha value is -0.690. The highest BCUT2D eigenvalue weighted by atomic mass is 16.5. The van der Waals surface area contributed by atoms with Gasteiger partial charge in [-0.05, 0) is 6.92 Å². The molecule has 2 aliphatic heterocycles. The molecule has 0 bridgehead atoms. The molecule has 2 aliphatic rings. The lowest BCUT2D eigenvalue weighted by molar-refractivity contribution is -0.146. The van der Waals surface area contributed by atoms with Crippen LogP contribution in [0.25, 0.3) is 0 Å². The molecule has 6 nitrogen and oxygen atoms in total. The maximum atomic E-state index is 12.3. The van der Waals surface area contributed by atoms with Crippen LogP contribution in [0.1, 0.15) is 6.92 Å². The Morgan fingerprint density at radius 1 is 1.47 bits per heavy atom. The Labute approximate surface area is 101 Å². The van der Waals surface area contributed by atoms with E-state index in [9.17, 15) is 4.79 Å². The third kappa shape index (κ3) is 2.95. The summed E-state index contributed by atoms with van der Waals surface area (Å²) in [6, 6.07) is -0.236. The Morgan fingerprint density at radius 2 is 2.29 bits per heavy atom. The smallest absolute Gasteiger partial charge is 0.242 e. The average Bonchev–Trinajstić information content (AvgIpc) is 2.38. The molecular formula is C11H21N3O3. The van der Waals surface area contributed by atoms with Crippen molar-refractivity contribution in [3.8, 4) is 0 Å². The van der Waals surface area contributed by atoms with Crippen molar-refractivity contribution in [2.75, 3.05) is 39.4 Å². The number of nitrogens with zero attached hydrogens (tertiary/aromatic N) is 1. The first-order chi connectivity index (χ1) is 8.22. The largest absolute Gasteiger partial charge is 0.375 e. The molecule has 0 aromatic carbocycles. The SMILES string of the molecule is C[C@H]1OCCN[C@@H]1C(=O)N1CCOC(CN)C1.